The van der Waals surface area contributed by atoms with Crippen molar-refractivity contribution in [2.75, 3.05) is 23.4 Å². The number of nitrogen functional groups attached to an aromatic ring is 1. The first-order valence-corrected chi connectivity index (χ1v) is 7.13. The summed E-state index contributed by atoms with van der Waals surface area (Å²) in [4.78, 5) is 12.8. The highest BCUT2D eigenvalue weighted by atomic mass is 16.6. The van der Waals surface area contributed by atoms with Crippen molar-refractivity contribution >= 4 is 17.1 Å². The maximum Gasteiger partial charge on any atom is 0.273 e. The second-order valence-corrected chi connectivity index (χ2v) is 4.83. The fraction of sp³-hybridized carbons (Fsp3) is 0.571. The quantitative estimate of drug-likeness (QED) is 0.412. The van der Waals surface area contributed by atoms with Crippen LogP contribution >= 0.6 is 0 Å². The first-order valence-electron chi connectivity index (χ1n) is 7.13. The van der Waals surface area contributed by atoms with Gasteiger partial charge in [0.15, 0.2) is 0 Å². The molecule has 0 aliphatic rings. The van der Waals surface area contributed by atoms with Crippen molar-refractivity contribution in [1.82, 2.24) is 0 Å². The van der Waals surface area contributed by atoms with E-state index in [9.17, 15) is 10.1 Å². The smallest absolute Gasteiger partial charge is 0.273 e. The van der Waals surface area contributed by atoms with Crippen LogP contribution in [0.1, 0.15) is 39.5 Å². The van der Waals surface area contributed by atoms with Crippen LogP contribution in [0.25, 0.3) is 0 Å². The molecular formula is C14H24N4O2. The fourth-order valence-electron chi connectivity index (χ4n) is 2.03. The van der Waals surface area contributed by atoms with Crippen LogP contribution in [0.2, 0.25) is 0 Å². The molecule has 1 aromatic carbocycles. The zero-order chi connectivity index (χ0) is 15.0. The molecule has 0 aliphatic carbocycles. The number of hydrazine groups is 1. The molecular weight excluding hydrogens is 256 g/mol. The standard InChI is InChI=1S/C14H24N4O2/c1-3-5-7-17(8-6-4-2)13-9-12(16-15)10-14(11-13)18(19)20/h9-11,16H,3-8,15H2,1-2H3. The molecule has 0 atom stereocenters. The number of nitrogens with zero attached hydrogens (tertiary/aromatic N) is 2. The number of hydrogen-bond acceptors (Lipinski definition) is 5. The Morgan fingerprint density at radius 2 is 1.80 bits per heavy atom. The van der Waals surface area contributed by atoms with Crippen molar-refractivity contribution in [3.05, 3.63) is 28.3 Å². The van der Waals surface area contributed by atoms with Gasteiger partial charge in [0.1, 0.15) is 0 Å². The molecule has 0 unspecified atom stereocenters. The van der Waals surface area contributed by atoms with Crippen molar-refractivity contribution in [1.29, 1.82) is 0 Å². The Balaban J connectivity index is 3.02. The summed E-state index contributed by atoms with van der Waals surface area (Å²) in [6.07, 6.45) is 4.33. The maximum atomic E-state index is 11.0. The third-order valence-electron chi connectivity index (χ3n) is 3.21. The Morgan fingerprint density at radius 1 is 1.20 bits per heavy atom. The molecule has 0 fully saturated rings. The zero-order valence-electron chi connectivity index (χ0n) is 12.3. The van der Waals surface area contributed by atoms with E-state index >= 15 is 0 Å². The summed E-state index contributed by atoms with van der Waals surface area (Å²) < 4.78 is 0. The molecule has 0 saturated carbocycles. The van der Waals surface area contributed by atoms with Crippen molar-refractivity contribution in [2.45, 2.75) is 39.5 Å². The van der Waals surface area contributed by atoms with Gasteiger partial charge in [0.25, 0.3) is 5.69 Å². The minimum Gasteiger partial charge on any atom is -0.371 e. The molecule has 0 amide bonds. The third-order valence-corrected chi connectivity index (χ3v) is 3.21. The fourth-order valence-corrected chi connectivity index (χ4v) is 2.03. The van der Waals surface area contributed by atoms with E-state index in [-0.39, 0.29) is 10.6 Å². The number of benzene rings is 1. The molecule has 1 rings (SSSR count). The normalized spacial score (nSPS) is 10.3. The first-order chi connectivity index (χ1) is 9.62. The second-order valence-electron chi connectivity index (χ2n) is 4.83. The average molecular weight is 280 g/mol. The lowest BCUT2D eigenvalue weighted by molar-refractivity contribution is -0.384. The van der Waals surface area contributed by atoms with Crippen LogP contribution in [0.4, 0.5) is 17.1 Å². The van der Waals surface area contributed by atoms with Crippen molar-refractivity contribution < 1.29 is 4.92 Å². The van der Waals surface area contributed by atoms with Gasteiger partial charge in [-0.2, -0.15) is 0 Å². The second kappa shape index (κ2) is 8.37. The molecule has 112 valence electrons. The summed E-state index contributed by atoms with van der Waals surface area (Å²) in [6, 6.07) is 4.92. The van der Waals surface area contributed by atoms with E-state index in [1.165, 1.54) is 6.07 Å². The number of nitrogens with two attached hydrogens (primary N) is 1. The molecule has 0 spiro atoms. The third kappa shape index (κ3) is 4.70. The number of non-ortho nitro benzene ring substituents is 1. The predicted octanol–water partition coefficient (Wildman–Crippen LogP) is 3.29. The monoisotopic (exact) mass is 280 g/mol. The molecule has 0 aromatic heterocycles. The molecule has 1 aromatic rings. The van der Waals surface area contributed by atoms with Gasteiger partial charge in [-0.1, -0.05) is 26.7 Å². The Morgan fingerprint density at radius 3 is 2.25 bits per heavy atom. The van der Waals surface area contributed by atoms with E-state index in [1.807, 2.05) is 6.07 Å². The van der Waals surface area contributed by atoms with Gasteiger partial charge in [0.05, 0.1) is 10.6 Å². The molecule has 6 heteroatoms. The molecule has 0 aliphatic heterocycles. The molecule has 0 radical (unpaired) electrons. The highest BCUT2D eigenvalue weighted by Gasteiger charge is 2.13. The highest BCUT2D eigenvalue weighted by molar-refractivity contribution is 5.64. The molecule has 0 saturated heterocycles. The number of nitrogens with one attached hydrogen (secondary N) is 1. The Kier molecular flexibility index (Phi) is 6.79. The molecule has 20 heavy (non-hydrogen) atoms. The topological polar surface area (TPSA) is 84.4 Å². The lowest BCUT2D eigenvalue weighted by Gasteiger charge is -2.25. The summed E-state index contributed by atoms with van der Waals surface area (Å²) in [5.74, 6) is 5.40. The van der Waals surface area contributed by atoms with Gasteiger partial charge >= 0.3 is 0 Å². The number of anilines is 2. The summed E-state index contributed by atoms with van der Waals surface area (Å²) in [7, 11) is 0. The maximum absolute atomic E-state index is 11.0. The van der Waals surface area contributed by atoms with Crippen LogP contribution in [0.5, 0.6) is 0 Å². The van der Waals surface area contributed by atoms with Crippen LogP contribution in [-0.2, 0) is 0 Å². The van der Waals surface area contributed by atoms with E-state index in [1.54, 1.807) is 6.07 Å². The Bertz CT molecular complexity index is 429. The van der Waals surface area contributed by atoms with E-state index in [0.717, 1.165) is 44.5 Å². The van der Waals surface area contributed by atoms with Gasteiger partial charge in [-0.3, -0.25) is 16.0 Å². The Hall–Kier alpha value is -1.82. The largest absolute Gasteiger partial charge is 0.371 e. The summed E-state index contributed by atoms with van der Waals surface area (Å²) >= 11 is 0. The van der Waals surface area contributed by atoms with Gasteiger partial charge < -0.3 is 10.3 Å². The predicted molar refractivity (Wildman–Crippen MR) is 82.9 cm³/mol. The number of hydrogen-bond donors (Lipinski definition) is 2. The van der Waals surface area contributed by atoms with E-state index in [4.69, 9.17) is 5.84 Å². The van der Waals surface area contributed by atoms with Crippen LogP contribution in [0, 0.1) is 10.1 Å². The molecule has 0 heterocycles. The Labute approximate surface area is 120 Å². The van der Waals surface area contributed by atoms with Crippen molar-refractivity contribution in [3.63, 3.8) is 0 Å². The van der Waals surface area contributed by atoms with Gasteiger partial charge in [0, 0.05) is 30.9 Å². The summed E-state index contributed by atoms with van der Waals surface area (Å²) in [5.41, 5.74) is 3.98. The van der Waals surface area contributed by atoms with E-state index in [2.05, 4.69) is 24.2 Å². The number of nitro benzene ring substituents is 1. The first kappa shape index (κ1) is 16.2. The zero-order valence-corrected chi connectivity index (χ0v) is 12.3. The van der Waals surface area contributed by atoms with Gasteiger partial charge in [-0.25, -0.2) is 0 Å². The van der Waals surface area contributed by atoms with Crippen molar-refractivity contribution in [3.8, 4) is 0 Å². The van der Waals surface area contributed by atoms with Crippen LogP contribution < -0.4 is 16.2 Å². The molecule has 6 nitrogen and oxygen atoms in total. The van der Waals surface area contributed by atoms with Crippen LogP contribution in [-0.4, -0.2) is 18.0 Å². The lowest BCUT2D eigenvalue weighted by atomic mass is 10.2. The van der Waals surface area contributed by atoms with E-state index in [0.29, 0.717) is 5.69 Å². The average Bonchev–Trinajstić information content (AvgIpc) is 2.46. The lowest BCUT2D eigenvalue weighted by Crippen LogP contribution is -2.26. The van der Waals surface area contributed by atoms with Crippen LogP contribution in [0.3, 0.4) is 0 Å². The molecule has 0 bridgehead atoms. The molecule has 3 N–H and O–H groups in total. The minimum atomic E-state index is -0.387. The van der Waals surface area contributed by atoms with Crippen molar-refractivity contribution in [2.24, 2.45) is 5.84 Å². The summed E-state index contributed by atoms with van der Waals surface area (Å²) in [6.45, 7) is 6.08. The van der Waals surface area contributed by atoms with Gasteiger partial charge in [-0.15, -0.1) is 0 Å². The highest BCUT2D eigenvalue weighted by Crippen LogP contribution is 2.27. The van der Waals surface area contributed by atoms with Gasteiger partial charge in [-0.05, 0) is 18.9 Å². The number of nitro groups is 1. The summed E-state index contributed by atoms with van der Waals surface area (Å²) in [5, 5.41) is 11.0. The van der Waals surface area contributed by atoms with E-state index < -0.39 is 0 Å². The number of rotatable bonds is 9. The van der Waals surface area contributed by atoms with Gasteiger partial charge in [0.2, 0.25) is 0 Å². The SMILES string of the molecule is CCCCN(CCCC)c1cc(NN)cc([N+](=O)[O-])c1. The minimum absolute atomic E-state index is 0.0634. The van der Waals surface area contributed by atoms with Crippen LogP contribution in [0.15, 0.2) is 18.2 Å². The number of unbranched alkanes of at least 4 members (excludes halogenated alkanes) is 2.